The number of hydrazine groups is 2. The molecule has 9 heteroatoms. The first-order chi connectivity index (χ1) is 21.9. The van der Waals surface area contributed by atoms with Crippen molar-refractivity contribution in [3.05, 3.63) is 59.2 Å². The van der Waals surface area contributed by atoms with Gasteiger partial charge in [0.15, 0.2) is 0 Å². The number of para-hydroxylation sites is 1. The second-order valence-electron chi connectivity index (χ2n) is 15.7. The first-order valence-electron chi connectivity index (χ1n) is 17.3. The molecule has 1 saturated carbocycles. The van der Waals surface area contributed by atoms with Gasteiger partial charge in [-0.1, -0.05) is 98.1 Å². The molecule has 4 rings (SSSR count). The first kappa shape index (κ1) is 36.2. The van der Waals surface area contributed by atoms with Gasteiger partial charge in [0.1, 0.15) is 17.5 Å². The number of hydrogen-bond donors (Lipinski definition) is 2. The Morgan fingerprint density at radius 1 is 0.936 bits per heavy atom. The highest BCUT2D eigenvalue weighted by Gasteiger charge is 2.53. The van der Waals surface area contributed by atoms with Crippen molar-refractivity contribution in [3.63, 3.8) is 0 Å². The van der Waals surface area contributed by atoms with Gasteiger partial charge in [-0.2, -0.15) is 5.01 Å². The average Bonchev–Trinajstić information content (AvgIpc) is 3.23. The van der Waals surface area contributed by atoms with E-state index in [1.807, 2.05) is 63.4 Å². The number of amides is 4. The second-order valence-corrected chi connectivity index (χ2v) is 15.7. The van der Waals surface area contributed by atoms with E-state index < -0.39 is 11.7 Å². The summed E-state index contributed by atoms with van der Waals surface area (Å²) in [4.78, 5) is 43.2. The first-order valence-corrected chi connectivity index (χ1v) is 17.3. The smallest absolute Gasteiger partial charge is 0.359 e. The third-order valence-corrected chi connectivity index (χ3v) is 10.0. The molecule has 1 saturated heterocycles. The number of rotatable bonds is 9. The Morgan fingerprint density at radius 3 is 2.00 bits per heavy atom. The third kappa shape index (κ3) is 7.45. The molecule has 2 N–H and O–H groups in total. The Kier molecular flexibility index (Phi) is 10.7. The molecular formula is C38H57N5O4. The Labute approximate surface area is 282 Å². The van der Waals surface area contributed by atoms with Crippen LogP contribution in [0.25, 0.3) is 0 Å². The van der Waals surface area contributed by atoms with Gasteiger partial charge in [-0.15, -0.1) is 0 Å². The summed E-state index contributed by atoms with van der Waals surface area (Å²) in [5.74, 6) is -0.254. The highest BCUT2D eigenvalue weighted by Crippen LogP contribution is 2.40. The van der Waals surface area contributed by atoms with Crippen LogP contribution in [0.4, 0.5) is 10.5 Å². The predicted molar refractivity (Wildman–Crippen MR) is 188 cm³/mol. The lowest BCUT2D eigenvalue weighted by Crippen LogP contribution is -2.67. The van der Waals surface area contributed by atoms with E-state index in [0.717, 1.165) is 48.8 Å². The van der Waals surface area contributed by atoms with Crippen LogP contribution < -0.4 is 10.3 Å². The van der Waals surface area contributed by atoms with E-state index in [4.69, 9.17) is 0 Å². The van der Waals surface area contributed by atoms with Crippen molar-refractivity contribution in [1.82, 2.24) is 20.3 Å². The topological polar surface area (TPSA) is 96.4 Å². The zero-order valence-electron chi connectivity index (χ0n) is 30.3. The number of anilines is 1. The number of phenolic OH excluding ortho intramolecular Hbond substituents is 1. The number of urea groups is 1. The molecule has 2 aliphatic rings. The molecule has 0 radical (unpaired) electrons. The minimum Gasteiger partial charge on any atom is -0.507 e. The zero-order chi connectivity index (χ0) is 34.9. The second kappa shape index (κ2) is 13.9. The van der Waals surface area contributed by atoms with E-state index in [1.165, 1.54) is 10.0 Å². The van der Waals surface area contributed by atoms with Crippen LogP contribution in [-0.4, -0.2) is 62.8 Å². The summed E-state index contributed by atoms with van der Waals surface area (Å²) < 4.78 is 0. The molecule has 2 atom stereocenters. The molecule has 0 aromatic heterocycles. The summed E-state index contributed by atoms with van der Waals surface area (Å²) in [7, 11) is 1.82. The van der Waals surface area contributed by atoms with Gasteiger partial charge in [-0.3, -0.25) is 9.59 Å². The van der Waals surface area contributed by atoms with Gasteiger partial charge in [-0.25, -0.2) is 19.8 Å². The average molecular weight is 648 g/mol. The van der Waals surface area contributed by atoms with Crippen molar-refractivity contribution >= 4 is 23.5 Å². The van der Waals surface area contributed by atoms with Gasteiger partial charge in [0, 0.05) is 19.5 Å². The molecule has 2 aromatic carbocycles. The van der Waals surface area contributed by atoms with Crippen LogP contribution in [0, 0.1) is 0 Å². The van der Waals surface area contributed by atoms with Crippen molar-refractivity contribution < 1.29 is 19.5 Å². The zero-order valence-corrected chi connectivity index (χ0v) is 30.3. The van der Waals surface area contributed by atoms with Crippen molar-refractivity contribution in [2.45, 2.75) is 142 Å². The van der Waals surface area contributed by atoms with Crippen molar-refractivity contribution in [3.8, 4) is 5.75 Å². The summed E-state index contributed by atoms with van der Waals surface area (Å²) >= 11 is 0. The minimum atomic E-state index is -1.31. The minimum absolute atomic E-state index is 0.0536. The molecule has 1 aliphatic carbocycles. The van der Waals surface area contributed by atoms with Crippen molar-refractivity contribution in [1.29, 1.82) is 0 Å². The van der Waals surface area contributed by atoms with E-state index in [1.54, 1.807) is 16.9 Å². The number of phenols is 1. The summed E-state index contributed by atoms with van der Waals surface area (Å²) in [5.41, 5.74) is 1.35. The number of benzene rings is 2. The standard InChI is InChI=1S/C38H57N5O4/c1-11-38(9,34(46)39-28-18-14-12-15-19-28)43(41-26(2)40(10)42(35(41)47)29-20-16-13-17-21-29)32(44)23-22-27-24-30(36(3,4)5)33(45)31(25-27)37(6,7)8/h13,16-17,20-21,24-26,28,45H,11-12,14-15,18-19,22-23H2,1-10H3,(H,39,46). The fraction of sp³-hybridized carbons (Fsp3) is 0.605. The lowest BCUT2D eigenvalue weighted by Gasteiger charge is -2.45. The normalized spacial score (nSPS) is 19.5. The summed E-state index contributed by atoms with van der Waals surface area (Å²) in [5, 5.41) is 20.8. The maximum atomic E-state index is 14.6. The molecular weight excluding hydrogens is 590 g/mol. The van der Waals surface area contributed by atoms with Crippen LogP contribution in [0.3, 0.4) is 0 Å². The number of aromatic hydroxyl groups is 1. The van der Waals surface area contributed by atoms with Crippen LogP contribution in [0.1, 0.15) is 124 Å². The van der Waals surface area contributed by atoms with Gasteiger partial charge < -0.3 is 10.4 Å². The van der Waals surface area contributed by atoms with Gasteiger partial charge in [-0.05, 0) is 79.2 Å². The van der Waals surface area contributed by atoms with Crippen LogP contribution in [0.2, 0.25) is 0 Å². The van der Waals surface area contributed by atoms with E-state index >= 15 is 0 Å². The van der Waals surface area contributed by atoms with E-state index in [9.17, 15) is 19.5 Å². The number of hydrogen-bond acceptors (Lipinski definition) is 5. The quantitative estimate of drug-likeness (QED) is 0.295. The molecule has 2 fully saturated rings. The Bertz CT molecular complexity index is 1410. The van der Waals surface area contributed by atoms with Gasteiger partial charge >= 0.3 is 6.03 Å². The number of nitrogens with one attached hydrogen (secondary N) is 1. The molecule has 2 aromatic rings. The van der Waals surface area contributed by atoms with Crippen LogP contribution >= 0.6 is 0 Å². The molecule has 4 amide bonds. The monoisotopic (exact) mass is 647 g/mol. The Morgan fingerprint density at radius 2 is 1.49 bits per heavy atom. The third-order valence-electron chi connectivity index (χ3n) is 10.0. The van der Waals surface area contributed by atoms with E-state index in [0.29, 0.717) is 24.3 Å². The maximum Gasteiger partial charge on any atom is 0.359 e. The molecule has 47 heavy (non-hydrogen) atoms. The molecule has 0 spiro atoms. The van der Waals surface area contributed by atoms with E-state index in [2.05, 4.69) is 46.9 Å². The number of nitrogens with zero attached hydrogens (tertiary/aromatic N) is 4. The van der Waals surface area contributed by atoms with Gasteiger partial charge in [0.05, 0.1) is 5.69 Å². The van der Waals surface area contributed by atoms with Gasteiger partial charge in [0.2, 0.25) is 11.8 Å². The molecule has 1 heterocycles. The highest BCUT2D eigenvalue weighted by atomic mass is 16.3. The fourth-order valence-corrected chi connectivity index (χ4v) is 6.80. The lowest BCUT2D eigenvalue weighted by molar-refractivity contribution is -0.171. The summed E-state index contributed by atoms with van der Waals surface area (Å²) in [6, 6.07) is 13.0. The molecule has 258 valence electrons. The Hall–Kier alpha value is -3.59. The summed E-state index contributed by atoms with van der Waals surface area (Å²) in [6.07, 6.45) is 5.37. The molecule has 1 aliphatic heterocycles. The molecule has 0 bridgehead atoms. The predicted octanol–water partition coefficient (Wildman–Crippen LogP) is 7.42. The fourth-order valence-electron chi connectivity index (χ4n) is 6.80. The van der Waals surface area contributed by atoms with E-state index in [-0.39, 0.29) is 41.1 Å². The van der Waals surface area contributed by atoms with Gasteiger partial charge in [0.25, 0.3) is 0 Å². The van der Waals surface area contributed by atoms with Crippen molar-refractivity contribution in [2.24, 2.45) is 0 Å². The SMILES string of the molecule is CCC(C)(C(=O)NC1CCCCC1)N(C(=O)CCc1cc(C(C)(C)C)c(O)c(C(C)(C)C)c1)N1C(=O)N(c2ccccc2)N(C)C1C. The number of carbonyl (C=O) groups is 3. The van der Waals surface area contributed by atoms with Crippen LogP contribution in [0.5, 0.6) is 5.75 Å². The van der Waals surface area contributed by atoms with Crippen LogP contribution in [-0.2, 0) is 26.8 Å². The lowest BCUT2D eigenvalue weighted by atomic mass is 9.78. The largest absolute Gasteiger partial charge is 0.507 e. The summed E-state index contributed by atoms with van der Waals surface area (Å²) in [6.45, 7) is 18.0. The highest BCUT2D eigenvalue weighted by molar-refractivity contribution is 5.97. The molecule has 2 unspecified atom stereocenters. The Balaban J connectivity index is 1.74. The van der Waals surface area contributed by atoms with Crippen molar-refractivity contribution in [2.75, 3.05) is 12.1 Å². The number of aryl methyl sites for hydroxylation is 1. The molecule has 9 nitrogen and oxygen atoms in total. The van der Waals surface area contributed by atoms with Crippen LogP contribution in [0.15, 0.2) is 42.5 Å². The number of carbonyl (C=O) groups excluding carboxylic acids is 3. The maximum absolute atomic E-state index is 14.6.